The second kappa shape index (κ2) is 14.3. The van der Waals surface area contributed by atoms with Crippen LogP contribution in [0.25, 0.3) is 22.5 Å². The minimum Gasteiger partial charge on any atom is -0.457 e. The third-order valence-corrected chi connectivity index (χ3v) is 10.5. The number of carbonyl (C=O) groups excluding carboxylic acids is 2. The van der Waals surface area contributed by atoms with Crippen molar-refractivity contribution >= 4 is 11.8 Å². The maximum absolute atomic E-state index is 13.3. The summed E-state index contributed by atoms with van der Waals surface area (Å²) in [4.78, 5) is 46.9. The molecule has 0 aliphatic carbocycles. The maximum atomic E-state index is 13.3. The zero-order chi connectivity index (χ0) is 35.5. The SMILES string of the molecule is CC1(c2ncc(-c3ccc(Oc4ccc(-c5cnc(C6CCCN6C(=O)Cc6ccccc6)[nH]5)cc4)cc3)[nH]2)CCCN1C(=O)Cc1ccccc1. The number of aromatic amines is 2. The Labute approximate surface area is 303 Å². The van der Waals surface area contributed by atoms with Crippen molar-refractivity contribution in [2.45, 2.75) is 57.0 Å². The number of hydrogen-bond acceptors (Lipinski definition) is 5. The molecule has 0 radical (unpaired) electrons. The van der Waals surface area contributed by atoms with Crippen LogP contribution < -0.4 is 4.74 Å². The Morgan fingerprint density at radius 2 is 1.29 bits per heavy atom. The molecule has 0 saturated carbocycles. The maximum Gasteiger partial charge on any atom is 0.227 e. The number of H-pyrrole nitrogens is 2. The summed E-state index contributed by atoms with van der Waals surface area (Å²) in [6.07, 6.45) is 8.15. The molecule has 9 nitrogen and oxygen atoms in total. The van der Waals surface area contributed by atoms with Crippen LogP contribution in [0.15, 0.2) is 122 Å². The van der Waals surface area contributed by atoms with Crippen molar-refractivity contribution in [1.82, 2.24) is 29.7 Å². The van der Waals surface area contributed by atoms with E-state index in [1.807, 2.05) is 131 Å². The highest BCUT2D eigenvalue weighted by molar-refractivity contribution is 5.80. The standard InChI is InChI=1S/C43H42N6O3/c1-43(23-9-25-49(43)40(51)27-31-12-6-3-7-13-31)42-45-29-37(47-42)33-17-21-35(22-18-33)52-34-19-15-32(16-20-34)36-28-44-41(46-36)38-14-8-24-48(38)39(50)26-30-10-4-2-5-11-30/h2-7,10-13,15-22,28-29,38H,8-9,14,23-27H2,1H3,(H,44,46)(H,45,47). The molecule has 0 spiro atoms. The number of ether oxygens (including phenoxy) is 1. The van der Waals surface area contributed by atoms with Crippen molar-refractivity contribution in [3.05, 3.63) is 144 Å². The van der Waals surface area contributed by atoms with Gasteiger partial charge < -0.3 is 24.5 Å². The Balaban J connectivity index is 0.890. The van der Waals surface area contributed by atoms with Crippen molar-refractivity contribution < 1.29 is 14.3 Å². The lowest BCUT2D eigenvalue weighted by Gasteiger charge is -2.33. The van der Waals surface area contributed by atoms with Crippen molar-refractivity contribution in [2.75, 3.05) is 13.1 Å². The Kier molecular flexibility index (Phi) is 9.16. The average molecular weight is 691 g/mol. The van der Waals surface area contributed by atoms with Crippen molar-refractivity contribution in [3.63, 3.8) is 0 Å². The first-order chi connectivity index (χ1) is 25.4. The minimum atomic E-state index is -0.477. The number of nitrogens with zero attached hydrogens (tertiary/aromatic N) is 4. The van der Waals surface area contributed by atoms with Gasteiger partial charge in [0, 0.05) is 13.1 Å². The summed E-state index contributed by atoms with van der Waals surface area (Å²) in [6, 6.07) is 35.6. The molecule has 0 bridgehead atoms. The zero-order valence-electron chi connectivity index (χ0n) is 29.3. The van der Waals surface area contributed by atoms with Gasteiger partial charge in [0.1, 0.15) is 23.1 Å². The molecule has 4 heterocycles. The van der Waals surface area contributed by atoms with Crippen molar-refractivity contribution in [2.24, 2.45) is 0 Å². The predicted octanol–water partition coefficient (Wildman–Crippen LogP) is 8.25. The molecule has 2 N–H and O–H groups in total. The lowest BCUT2D eigenvalue weighted by atomic mass is 9.97. The molecule has 262 valence electrons. The van der Waals surface area contributed by atoms with Crippen LogP contribution in [0, 0.1) is 0 Å². The fourth-order valence-electron chi connectivity index (χ4n) is 7.63. The number of amides is 2. The van der Waals surface area contributed by atoms with Gasteiger partial charge in [-0.25, -0.2) is 9.97 Å². The van der Waals surface area contributed by atoms with Crippen LogP contribution >= 0.6 is 0 Å². The van der Waals surface area contributed by atoms with E-state index in [4.69, 9.17) is 9.72 Å². The van der Waals surface area contributed by atoms with E-state index in [9.17, 15) is 9.59 Å². The van der Waals surface area contributed by atoms with Crippen LogP contribution in [0.4, 0.5) is 0 Å². The van der Waals surface area contributed by atoms with E-state index in [1.54, 1.807) is 0 Å². The molecule has 2 aliphatic rings. The monoisotopic (exact) mass is 690 g/mol. The molecular weight excluding hydrogens is 649 g/mol. The van der Waals surface area contributed by atoms with Gasteiger partial charge in [-0.3, -0.25) is 9.59 Å². The highest BCUT2D eigenvalue weighted by atomic mass is 16.5. The normalized spacial score (nSPS) is 18.5. The van der Waals surface area contributed by atoms with E-state index < -0.39 is 5.54 Å². The molecular formula is C43H42N6O3. The smallest absolute Gasteiger partial charge is 0.227 e. The number of likely N-dealkylation sites (tertiary alicyclic amines) is 2. The summed E-state index contributed by atoms with van der Waals surface area (Å²) in [7, 11) is 0. The Morgan fingerprint density at radius 3 is 1.92 bits per heavy atom. The Bertz CT molecular complexity index is 2140. The molecule has 8 rings (SSSR count). The van der Waals surface area contributed by atoms with Crippen LogP contribution in [-0.2, 0) is 28.0 Å². The molecule has 6 aromatic rings. The van der Waals surface area contributed by atoms with Crippen LogP contribution in [-0.4, -0.2) is 54.6 Å². The minimum absolute atomic E-state index is 0.0430. The van der Waals surface area contributed by atoms with E-state index in [0.29, 0.717) is 12.8 Å². The van der Waals surface area contributed by atoms with Crippen LogP contribution in [0.3, 0.4) is 0 Å². The topological polar surface area (TPSA) is 107 Å². The quantitative estimate of drug-likeness (QED) is 0.151. The van der Waals surface area contributed by atoms with Gasteiger partial charge in [0.2, 0.25) is 11.8 Å². The summed E-state index contributed by atoms with van der Waals surface area (Å²) in [5, 5.41) is 0. The van der Waals surface area contributed by atoms with Gasteiger partial charge in [-0.2, -0.15) is 0 Å². The third-order valence-electron chi connectivity index (χ3n) is 10.5. The average Bonchev–Trinajstić information content (AvgIpc) is 4.00. The van der Waals surface area contributed by atoms with Gasteiger partial charge in [0.25, 0.3) is 0 Å². The molecule has 2 amide bonds. The Morgan fingerprint density at radius 1 is 0.712 bits per heavy atom. The number of nitrogens with one attached hydrogen (secondary N) is 2. The van der Waals surface area contributed by atoms with Gasteiger partial charge >= 0.3 is 0 Å². The number of aromatic nitrogens is 4. The highest BCUT2D eigenvalue weighted by Crippen LogP contribution is 2.39. The first kappa shape index (κ1) is 33.2. The molecule has 52 heavy (non-hydrogen) atoms. The fourth-order valence-corrected chi connectivity index (χ4v) is 7.63. The van der Waals surface area contributed by atoms with E-state index in [0.717, 1.165) is 95.6 Å². The third kappa shape index (κ3) is 6.86. The number of hydrogen-bond donors (Lipinski definition) is 2. The van der Waals surface area contributed by atoms with Gasteiger partial charge in [-0.05, 0) is 103 Å². The van der Waals surface area contributed by atoms with Crippen LogP contribution in [0.1, 0.15) is 61.4 Å². The molecule has 4 aromatic carbocycles. The number of imidazole rings is 2. The Hall–Kier alpha value is -5.96. The lowest BCUT2D eigenvalue weighted by Crippen LogP contribution is -2.44. The largest absolute Gasteiger partial charge is 0.457 e. The molecule has 2 saturated heterocycles. The zero-order valence-corrected chi connectivity index (χ0v) is 29.3. The summed E-state index contributed by atoms with van der Waals surface area (Å²) in [5.41, 5.74) is 5.36. The molecule has 2 aromatic heterocycles. The van der Waals surface area contributed by atoms with Gasteiger partial charge in [0.15, 0.2) is 0 Å². The second-order valence-electron chi connectivity index (χ2n) is 14.0. The summed E-state index contributed by atoms with van der Waals surface area (Å²) >= 11 is 0. The van der Waals surface area contributed by atoms with Crippen molar-refractivity contribution in [3.8, 4) is 34.0 Å². The first-order valence-corrected chi connectivity index (χ1v) is 18.1. The van der Waals surface area contributed by atoms with Crippen LogP contribution in [0.5, 0.6) is 11.5 Å². The van der Waals surface area contributed by atoms with E-state index in [2.05, 4.69) is 21.9 Å². The van der Waals surface area contributed by atoms with E-state index >= 15 is 0 Å². The molecule has 9 heteroatoms. The van der Waals surface area contributed by atoms with E-state index in [1.165, 1.54) is 0 Å². The highest BCUT2D eigenvalue weighted by Gasteiger charge is 2.43. The summed E-state index contributed by atoms with van der Waals surface area (Å²) in [6.45, 7) is 3.59. The first-order valence-electron chi connectivity index (χ1n) is 18.1. The number of rotatable bonds is 10. The second-order valence-corrected chi connectivity index (χ2v) is 14.0. The number of benzene rings is 4. The molecule has 2 fully saturated rings. The van der Waals surface area contributed by atoms with E-state index in [-0.39, 0.29) is 17.9 Å². The predicted molar refractivity (Wildman–Crippen MR) is 200 cm³/mol. The molecule has 2 atom stereocenters. The van der Waals surface area contributed by atoms with Crippen molar-refractivity contribution in [1.29, 1.82) is 0 Å². The molecule has 2 aliphatic heterocycles. The summed E-state index contributed by atoms with van der Waals surface area (Å²) in [5.74, 6) is 3.34. The molecule has 2 unspecified atom stereocenters. The lowest BCUT2D eigenvalue weighted by molar-refractivity contribution is -0.134. The fraction of sp³-hybridized carbons (Fsp3) is 0.256. The van der Waals surface area contributed by atoms with Gasteiger partial charge in [0.05, 0.1) is 48.2 Å². The van der Waals surface area contributed by atoms with Gasteiger partial charge in [-0.1, -0.05) is 60.7 Å². The van der Waals surface area contributed by atoms with Gasteiger partial charge in [-0.15, -0.1) is 0 Å². The number of carbonyl (C=O) groups is 2. The van der Waals surface area contributed by atoms with Crippen LogP contribution in [0.2, 0.25) is 0 Å². The summed E-state index contributed by atoms with van der Waals surface area (Å²) < 4.78 is 6.19.